The van der Waals surface area contributed by atoms with Gasteiger partial charge in [-0.1, -0.05) is 77.2 Å². The Bertz CT molecular complexity index is 1120. The fourth-order valence-corrected chi connectivity index (χ4v) is 4.40. The first-order valence-electron chi connectivity index (χ1n) is 8.58. The van der Waals surface area contributed by atoms with Crippen LogP contribution in [0.1, 0.15) is 13.3 Å². The van der Waals surface area contributed by atoms with Crippen LogP contribution in [0.15, 0.2) is 40.3 Å². The van der Waals surface area contributed by atoms with E-state index in [2.05, 4.69) is 10.3 Å². The van der Waals surface area contributed by atoms with Crippen LogP contribution < -0.4 is 10.9 Å². The number of halogens is 4. The van der Waals surface area contributed by atoms with Gasteiger partial charge in [0, 0.05) is 6.54 Å². The number of rotatable bonds is 6. The smallest absolute Gasteiger partial charge is 0.262 e. The molecule has 152 valence electrons. The largest absolute Gasteiger partial charge is 0.323 e. The van der Waals surface area contributed by atoms with E-state index in [1.165, 1.54) is 6.07 Å². The molecule has 0 saturated heterocycles. The quantitative estimate of drug-likeness (QED) is 0.255. The van der Waals surface area contributed by atoms with Gasteiger partial charge in [0.15, 0.2) is 5.16 Å². The molecule has 0 spiro atoms. The summed E-state index contributed by atoms with van der Waals surface area (Å²) in [6, 6.07) is 8.52. The average molecular weight is 491 g/mol. The van der Waals surface area contributed by atoms with E-state index in [-0.39, 0.29) is 43.0 Å². The molecular weight excluding hydrogens is 476 g/mol. The molecule has 0 aliphatic heterocycles. The van der Waals surface area contributed by atoms with Crippen molar-refractivity contribution >= 4 is 80.7 Å². The fraction of sp³-hybridized carbons (Fsp3) is 0.211. The van der Waals surface area contributed by atoms with E-state index < -0.39 is 0 Å². The molecule has 0 aliphatic carbocycles. The lowest BCUT2D eigenvalue weighted by atomic mass is 10.2. The monoisotopic (exact) mass is 489 g/mol. The standard InChI is InChI=1S/C19H15Cl4N3O2S/c1-2-7-26-18(28)10-5-3-4-6-13(10)24-19(26)29-9-14(27)25-17-15(22)11(20)8-12(21)16(17)23/h3-6,8H,2,7,9H2,1H3,(H,25,27). The molecular formula is C19H15Cl4N3O2S. The molecule has 1 aromatic heterocycles. The number of benzene rings is 2. The van der Waals surface area contributed by atoms with Crippen LogP contribution in [-0.4, -0.2) is 21.2 Å². The lowest BCUT2D eigenvalue weighted by Gasteiger charge is -2.13. The molecule has 0 atom stereocenters. The summed E-state index contributed by atoms with van der Waals surface area (Å²) < 4.78 is 1.58. The molecule has 0 aliphatic rings. The highest BCUT2D eigenvalue weighted by Crippen LogP contribution is 2.41. The summed E-state index contributed by atoms with van der Waals surface area (Å²) in [6.07, 6.45) is 0.756. The van der Waals surface area contributed by atoms with Gasteiger partial charge in [-0.3, -0.25) is 14.2 Å². The van der Waals surface area contributed by atoms with Crippen LogP contribution in [0, 0.1) is 0 Å². The van der Waals surface area contributed by atoms with Gasteiger partial charge in [-0.05, 0) is 24.6 Å². The van der Waals surface area contributed by atoms with Crippen LogP contribution in [0.3, 0.4) is 0 Å². The zero-order valence-corrected chi connectivity index (χ0v) is 19.0. The van der Waals surface area contributed by atoms with Gasteiger partial charge in [-0.2, -0.15) is 0 Å². The van der Waals surface area contributed by atoms with E-state index in [4.69, 9.17) is 46.4 Å². The molecule has 0 bridgehead atoms. The normalized spacial score (nSPS) is 11.1. The zero-order chi connectivity index (χ0) is 21.1. The van der Waals surface area contributed by atoms with Crippen LogP contribution in [0.25, 0.3) is 10.9 Å². The van der Waals surface area contributed by atoms with Crippen molar-refractivity contribution < 1.29 is 4.79 Å². The number of thioether (sulfide) groups is 1. The highest BCUT2D eigenvalue weighted by molar-refractivity contribution is 7.99. The predicted octanol–water partition coefficient (Wildman–Crippen LogP) is 6.15. The van der Waals surface area contributed by atoms with Gasteiger partial charge < -0.3 is 5.32 Å². The second kappa shape index (κ2) is 9.58. The number of carbonyl (C=O) groups excluding carboxylic acids is 1. The van der Waals surface area contributed by atoms with Crippen molar-refractivity contribution in [3.05, 3.63) is 60.8 Å². The summed E-state index contributed by atoms with van der Waals surface area (Å²) in [4.78, 5) is 29.8. The van der Waals surface area contributed by atoms with Gasteiger partial charge in [0.1, 0.15) is 0 Å². The number of carbonyl (C=O) groups is 1. The lowest BCUT2D eigenvalue weighted by Crippen LogP contribution is -2.24. The Morgan fingerprint density at radius 3 is 2.45 bits per heavy atom. The van der Waals surface area contributed by atoms with Crippen molar-refractivity contribution in [2.24, 2.45) is 0 Å². The first-order chi connectivity index (χ1) is 13.8. The minimum absolute atomic E-state index is 0.00865. The number of nitrogens with one attached hydrogen (secondary N) is 1. The third kappa shape index (κ3) is 4.84. The van der Waals surface area contributed by atoms with E-state index in [1.54, 1.807) is 22.8 Å². The molecule has 3 aromatic rings. The lowest BCUT2D eigenvalue weighted by molar-refractivity contribution is -0.113. The van der Waals surface area contributed by atoms with E-state index >= 15 is 0 Å². The maximum absolute atomic E-state index is 12.8. The Morgan fingerprint density at radius 2 is 1.79 bits per heavy atom. The molecule has 1 amide bonds. The number of aromatic nitrogens is 2. The average Bonchev–Trinajstić information content (AvgIpc) is 2.70. The molecule has 29 heavy (non-hydrogen) atoms. The van der Waals surface area contributed by atoms with E-state index in [0.717, 1.165) is 18.2 Å². The van der Waals surface area contributed by atoms with Crippen molar-refractivity contribution in [2.75, 3.05) is 11.1 Å². The van der Waals surface area contributed by atoms with Crippen molar-refractivity contribution in [1.82, 2.24) is 9.55 Å². The van der Waals surface area contributed by atoms with E-state index in [0.29, 0.717) is 22.6 Å². The van der Waals surface area contributed by atoms with Crippen molar-refractivity contribution in [3.8, 4) is 0 Å². The number of hydrogen-bond acceptors (Lipinski definition) is 4. The Balaban J connectivity index is 1.85. The van der Waals surface area contributed by atoms with Crippen molar-refractivity contribution in [3.63, 3.8) is 0 Å². The van der Waals surface area contributed by atoms with Gasteiger partial charge in [0.05, 0.1) is 42.4 Å². The number of hydrogen-bond donors (Lipinski definition) is 1. The molecule has 5 nitrogen and oxygen atoms in total. The molecule has 0 fully saturated rings. The molecule has 3 rings (SSSR count). The summed E-state index contributed by atoms with van der Waals surface area (Å²) in [7, 11) is 0. The minimum Gasteiger partial charge on any atom is -0.323 e. The first kappa shape index (κ1) is 22.2. The summed E-state index contributed by atoms with van der Waals surface area (Å²) in [5.41, 5.74) is 0.599. The van der Waals surface area contributed by atoms with E-state index in [9.17, 15) is 9.59 Å². The van der Waals surface area contributed by atoms with Gasteiger partial charge in [-0.15, -0.1) is 0 Å². The SMILES string of the molecule is CCCn1c(SCC(=O)Nc2c(Cl)c(Cl)cc(Cl)c2Cl)nc2ccccc2c1=O. The summed E-state index contributed by atoms with van der Waals surface area (Å²) >= 11 is 25.4. The number of nitrogens with zero attached hydrogens (tertiary/aromatic N) is 2. The second-order valence-electron chi connectivity index (χ2n) is 6.05. The minimum atomic E-state index is -0.386. The highest BCUT2D eigenvalue weighted by atomic mass is 35.5. The van der Waals surface area contributed by atoms with Crippen LogP contribution in [0.2, 0.25) is 20.1 Å². The molecule has 10 heteroatoms. The van der Waals surface area contributed by atoms with Gasteiger partial charge in [0.2, 0.25) is 5.91 Å². The number of fused-ring (bicyclic) bond motifs is 1. The first-order valence-corrected chi connectivity index (χ1v) is 11.1. The maximum Gasteiger partial charge on any atom is 0.262 e. The summed E-state index contributed by atoms with van der Waals surface area (Å²) in [5.74, 6) is -0.395. The molecule has 2 aromatic carbocycles. The summed E-state index contributed by atoms with van der Waals surface area (Å²) in [6.45, 7) is 2.47. The maximum atomic E-state index is 12.8. The fourth-order valence-electron chi connectivity index (χ4n) is 2.67. The third-order valence-corrected chi connectivity index (χ3v) is 6.53. The molecule has 0 saturated carbocycles. The Labute approximate surface area is 191 Å². The Kier molecular flexibility index (Phi) is 7.35. The number of para-hydroxylation sites is 1. The third-order valence-electron chi connectivity index (χ3n) is 3.98. The van der Waals surface area contributed by atoms with Crippen LogP contribution in [-0.2, 0) is 11.3 Å². The van der Waals surface area contributed by atoms with Crippen LogP contribution >= 0.6 is 58.2 Å². The van der Waals surface area contributed by atoms with Crippen molar-refractivity contribution in [2.45, 2.75) is 25.0 Å². The Hall–Kier alpha value is -1.44. The molecule has 1 N–H and O–H groups in total. The molecule has 0 unspecified atom stereocenters. The molecule has 1 heterocycles. The van der Waals surface area contributed by atoms with Crippen LogP contribution in [0.4, 0.5) is 5.69 Å². The topological polar surface area (TPSA) is 64.0 Å². The van der Waals surface area contributed by atoms with Gasteiger partial charge in [-0.25, -0.2) is 4.98 Å². The zero-order valence-electron chi connectivity index (χ0n) is 15.1. The van der Waals surface area contributed by atoms with Gasteiger partial charge >= 0.3 is 0 Å². The highest BCUT2D eigenvalue weighted by Gasteiger charge is 2.18. The summed E-state index contributed by atoms with van der Waals surface area (Å²) in [5, 5.41) is 4.20. The number of amides is 1. The predicted molar refractivity (Wildman–Crippen MR) is 122 cm³/mol. The molecule has 0 radical (unpaired) electrons. The van der Waals surface area contributed by atoms with Gasteiger partial charge in [0.25, 0.3) is 5.56 Å². The van der Waals surface area contributed by atoms with Crippen molar-refractivity contribution in [1.29, 1.82) is 0 Å². The number of anilines is 1. The second-order valence-corrected chi connectivity index (χ2v) is 8.56. The van der Waals surface area contributed by atoms with Crippen LogP contribution in [0.5, 0.6) is 0 Å². The Morgan fingerprint density at radius 1 is 1.14 bits per heavy atom. The van der Waals surface area contributed by atoms with E-state index in [1.807, 2.05) is 13.0 Å².